The van der Waals surface area contributed by atoms with Crippen LogP contribution in [-0.2, 0) is 4.79 Å². The summed E-state index contributed by atoms with van der Waals surface area (Å²) in [5, 5.41) is 15.0. The smallest absolute Gasteiger partial charge is 0.252 e. The summed E-state index contributed by atoms with van der Waals surface area (Å²) >= 11 is 0. The van der Waals surface area contributed by atoms with Crippen LogP contribution in [0.2, 0.25) is 0 Å². The van der Waals surface area contributed by atoms with E-state index in [0.717, 1.165) is 11.1 Å². The van der Waals surface area contributed by atoms with Gasteiger partial charge in [-0.25, -0.2) is 0 Å². The lowest BCUT2D eigenvalue weighted by atomic mass is 10.1. The molecule has 0 bridgehead atoms. The Balaban J connectivity index is 1.44. The summed E-state index contributed by atoms with van der Waals surface area (Å²) in [4.78, 5) is 13.8. The van der Waals surface area contributed by atoms with Crippen LogP contribution in [0.5, 0.6) is 5.75 Å². The molecule has 0 saturated heterocycles. The molecule has 2 N–H and O–H groups in total. The van der Waals surface area contributed by atoms with E-state index in [-0.39, 0.29) is 11.7 Å². The maximum absolute atomic E-state index is 12.1. The van der Waals surface area contributed by atoms with Gasteiger partial charge in [0.05, 0.1) is 24.4 Å². The fourth-order valence-corrected chi connectivity index (χ4v) is 2.77. The molecule has 0 fully saturated rings. The van der Waals surface area contributed by atoms with E-state index in [4.69, 9.17) is 4.74 Å². The second-order valence-electron chi connectivity index (χ2n) is 6.10. The van der Waals surface area contributed by atoms with Crippen LogP contribution in [0.1, 0.15) is 6.42 Å². The predicted octanol–water partition coefficient (Wildman–Crippen LogP) is 3.00. The molecule has 5 heteroatoms. The highest BCUT2D eigenvalue weighted by Crippen LogP contribution is 2.23. The van der Waals surface area contributed by atoms with Crippen molar-refractivity contribution in [2.75, 3.05) is 26.7 Å². The minimum Gasteiger partial charge on any atom is -0.505 e. The number of aliphatic hydroxyl groups is 1. The van der Waals surface area contributed by atoms with Crippen molar-refractivity contribution in [1.82, 2.24) is 10.2 Å². The summed E-state index contributed by atoms with van der Waals surface area (Å²) in [6.45, 7) is 5.11. The van der Waals surface area contributed by atoms with Crippen LogP contribution in [-0.4, -0.2) is 42.7 Å². The fourth-order valence-electron chi connectivity index (χ4n) is 2.77. The van der Waals surface area contributed by atoms with E-state index < -0.39 is 0 Å². The lowest BCUT2D eigenvalue weighted by Gasteiger charge is -2.11. The van der Waals surface area contributed by atoms with E-state index in [1.165, 1.54) is 5.39 Å². The Kier molecular flexibility index (Phi) is 4.93. The molecule has 0 unspecified atom stereocenters. The molecule has 1 aliphatic rings. The van der Waals surface area contributed by atoms with E-state index in [0.29, 0.717) is 37.4 Å². The highest BCUT2D eigenvalue weighted by Gasteiger charge is 2.26. The van der Waals surface area contributed by atoms with Crippen molar-refractivity contribution in [3.63, 3.8) is 0 Å². The third-order valence-electron chi connectivity index (χ3n) is 4.29. The van der Waals surface area contributed by atoms with Gasteiger partial charge in [-0.1, -0.05) is 36.9 Å². The van der Waals surface area contributed by atoms with Gasteiger partial charge in [-0.15, -0.1) is 0 Å². The maximum atomic E-state index is 12.1. The van der Waals surface area contributed by atoms with E-state index in [2.05, 4.69) is 24.0 Å². The average molecular weight is 338 g/mol. The SMILES string of the molecule is C=C1C(O)=C(C(=O)NCCCOc2ccc3ccccc3c2)CN1C. The van der Waals surface area contributed by atoms with Crippen molar-refractivity contribution in [3.8, 4) is 5.75 Å². The molecule has 2 aromatic rings. The van der Waals surface area contributed by atoms with Gasteiger partial charge in [-0.05, 0) is 29.3 Å². The van der Waals surface area contributed by atoms with Crippen LogP contribution >= 0.6 is 0 Å². The zero-order valence-electron chi connectivity index (χ0n) is 14.3. The molecule has 130 valence electrons. The van der Waals surface area contributed by atoms with Crippen molar-refractivity contribution < 1.29 is 14.6 Å². The topological polar surface area (TPSA) is 61.8 Å². The fraction of sp³-hybridized carbons (Fsp3) is 0.250. The first kappa shape index (κ1) is 16.9. The largest absolute Gasteiger partial charge is 0.505 e. The van der Waals surface area contributed by atoms with Gasteiger partial charge in [-0.2, -0.15) is 0 Å². The summed E-state index contributed by atoms with van der Waals surface area (Å²) in [6.07, 6.45) is 0.684. The lowest BCUT2D eigenvalue weighted by molar-refractivity contribution is -0.117. The van der Waals surface area contributed by atoms with Gasteiger partial charge in [0.1, 0.15) is 11.5 Å². The van der Waals surface area contributed by atoms with Crippen molar-refractivity contribution in [3.05, 3.63) is 66.1 Å². The summed E-state index contributed by atoms with van der Waals surface area (Å²) < 4.78 is 5.74. The van der Waals surface area contributed by atoms with Gasteiger partial charge >= 0.3 is 0 Å². The molecular formula is C20H22N2O3. The predicted molar refractivity (Wildman–Crippen MR) is 98.5 cm³/mol. The number of nitrogens with zero attached hydrogens (tertiary/aromatic N) is 1. The number of carbonyl (C=O) groups excluding carboxylic acids is 1. The summed E-state index contributed by atoms with van der Waals surface area (Å²) in [5.41, 5.74) is 0.840. The number of benzene rings is 2. The first-order valence-electron chi connectivity index (χ1n) is 8.28. The van der Waals surface area contributed by atoms with Gasteiger partial charge in [0, 0.05) is 13.6 Å². The molecule has 0 aliphatic carbocycles. The monoisotopic (exact) mass is 338 g/mol. The van der Waals surface area contributed by atoms with Gasteiger partial charge in [0.15, 0.2) is 0 Å². The number of ether oxygens (including phenoxy) is 1. The summed E-state index contributed by atoms with van der Waals surface area (Å²) in [5.74, 6) is 0.542. The van der Waals surface area contributed by atoms with Crippen LogP contribution in [0.4, 0.5) is 0 Å². The first-order chi connectivity index (χ1) is 12.1. The number of fused-ring (bicyclic) bond motifs is 1. The summed E-state index contributed by atoms with van der Waals surface area (Å²) in [7, 11) is 1.79. The van der Waals surface area contributed by atoms with E-state index in [1.807, 2.05) is 30.3 Å². The second-order valence-corrected chi connectivity index (χ2v) is 6.10. The molecular weight excluding hydrogens is 316 g/mol. The molecule has 1 heterocycles. The van der Waals surface area contributed by atoms with Gasteiger partial charge in [0.2, 0.25) is 0 Å². The van der Waals surface area contributed by atoms with E-state index in [9.17, 15) is 9.90 Å². The molecule has 0 aromatic heterocycles. The van der Waals surface area contributed by atoms with Crippen LogP contribution in [0.3, 0.4) is 0 Å². The quantitative estimate of drug-likeness (QED) is 0.795. The van der Waals surface area contributed by atoms with Crippen molar-refractivity contribution in [2.45, 2.75) is 6.42 Å². The van der Waals surface area contributed by atoms with Crippen molar-refractivity contribution >= 4 is 16.7 Å². The Hall–Kier alpha value is -2.95. The Morgan fingerprint density at radius 1 is 1.28 bits per heavy atom. The Morgan fingerprint density at radius 3 is 2.76 bits per heavy atom. The third kappa shape index (κ3) is 3.76. The second kappa shape index (κ2) is 7.30. The van der Waals surface area contributed by atoms with Crippen LogP contribution in [0, 0.1) is 0 Å². The molecule has 1 amide bonds. The standard InChI is InChI=1S/C20H22N2O3/c1-14-19(23)18(13-22(14)2)20(24)21-10-5-11-25-17-9-8-15-6-3-4-7-16(15)12-17/h3-4,6-9,12,23H,1,5,10-11,13H2,2H3,(H,21,24). The normalized spacial score (nSPS) is 14.3. The molecule has 0 saturated carbocycles. The molecule has 2 aromatic carbocycles. The molecule has 0 atom stereocenters. The van der Waals surface area contributed by atoms with Gasteiger partial charge in [0.25, 0.3) is 5.91 Å². The number of amides is 1. The number of aliphatic hydroxyl groups excluding tert-OH is 1. The van der Waals surface area contributed by atoms with E-state index >= 15 is 0 Å². The number of hydrogen-bond donors (Lipinski definition) is 2. The Bertz CT molecular complexity index is 842. The average Bonchev–Trinajstić information content (AvgIpc) is 2.88. The zero-order valence-corrected chi connectivity index (χ0v) is 14.3. The molecule has 1 aliphatic heterocycles. The van der Waals surface area contributed by atoms with Crippen LogP contribution in [0.15, 0.2) is 66.1 Å². The maximum Gasteiger partial charge on any atom is 0.252 e. The minimum atomic E-state index is -0.256. The molecule has 3 rings (SSSR count). The lowest BCUT2D eigenvalue weighted by Crippen LogP contribution is -2.29. The zero-order chi connectivity index (χ0) is 17.8. The van der Waals surface area contributed by atoms with Crippen LogP contribution in [0.25, 0.3) is 10.8 Å². The Morgan fingerprint density at radius 2 is 2.04 bits per heavy atom. The number of rotatable bonds is 6. The van der Waals surface area contributed by atoms with Gasteiger partial charge in [-0.3, -0.25) is 4.79 Å². The number of hydrogen-bond acceptors (Lipinski definition) is 4. The summed E-state index contributed by atoms with van der Waals surface area (Å²) in [6, 6.07) is 14.1. The Labute approximate surface area is 147 Å². The molecule has 0 radical (unpaired) electrons. The first-order valence-corrected chi connectivity index (χ1v) is 8.28. The number of likely N-dealkylation sites (N-methyl/N-ethyl adjacent to an activating group) is 1. The van der Waals surface area contributed by atoms with Gasteiger partial charge < -0.3 is 20.1 Å². The number of nitrogens with one attached hydrogen (secondary N) is 1. The minimum absolute atomic E-state index is 0.0209. The van der Waals surface area contributed by atoms with Crippen molar-refractivity contribution in [1.29, 1.82) is 0 Å². The highest BCUT2D eigenvalue weighted by molar-refractivity contribution is 5.95. The van der Waals surface area contributed by atoms with E-state index in [1.54, 1.807) is 11.9 Å². The third-order valence-corrected chi connectivity index (χ3v) is 4.29. The van der Waals surface area contributed by atoms with Crippen LogP contribution < -0.4 is 10.1 Å². The molecule has 5 nitrogen and oxygen atoms in total. The number of carbonyl (C=O) groups is 1. The van der Waals surface area contributed by atoms with Crippen molar-refractivity contribution in [2.24, 2.45) is 0 Å². The molecule has 25 heavy (non-hydrogen) atoms. The highest BCUT2D eigenvalue weighted by atomic mass is 16.5. The molecule has 0 spiro atoms.